The van der Waals surface area contributed by atoms with Gasteiger partial charge in [-0.25, -0.2) is 0 Å². The van der Waals surface area contributed by atoms with E-state index in [-0.39, 0.29) is 18.4 Å². The fourth-order valence-corrected chi connectivity index (χ4v) is 6.56. The molecule has 0 aromatic heterocycles. The molecule has 1 aliphatic heterocycles. The van der Waals surface area contributed by atoms with E-state index in [4.69, 9.17) is 27.9 Å². The molecule has 3 fully saturated rings. The summed E-state index contributed by atoms with van der Waals surface area (Å²) >= 11 is 12.2. The third-order valence-corrected chi connectivity index (χ3v) is 9.02. The van der Waals surface area contributed by atoms with Crippen LogP contribution in [0.15, 0.2) is 42.5 Å². The highest BCUT2D eigenvalue weighted by Crippen LogP contribution is 2.52. The zero-order chi connectivity index (χ0) is 24.6. The highest BCUT2D eigenvalue weighted by atomic mass is 35.5. The number of carbonyl (C=O) groups excluding carboxylic acids is 1. The molecule has 1 amide bonds. The Bertz CT molecular complexity index is 1090. The first-order valence-electron chi connectivity index (χ1n) is 12.6. The van der Waals surface area contributed by atoms with Crippen molar-refractivity contribution in [1.82, 2.24) is 10.2 Å². The summed E-state index contributed by atoms with van der Waals surface area (Å²) in [4.78, 5) is 15.4. The molecule has 2 unspecified atom stereocenters. The van der Waals surface area contributed by atoms with Crippen LogP contribution in [0.1, 0.15) is 49.7 Å². The van der Waals surface area contributed by atoms with Crippen LogP contribution in [0.4, 0.5) is 0 Å². The first kappa shape index (κ1) is 24.9. The Labute approximate surface area is 217 Å². The number of benzene rings is 2. The maximum absolute atomic E-state index is 13.0. The number of halogens is 2. The first-order chi connectivity index (χ1) is 16.8. The van der Waals surface area contributed by atoms with Gasteiger partial charge in [0, 0.05) is 24.5 Å². The molecule has 1 heterocycles. The number of carbonyl (C=O) groups is 1. The first-order valence-corrected chi connectivity index (χ1v) is 13.4. The van der Waals surface area contributed by atoms with Gasteiger partial charge in [-0.2, -0.15) is 0 Å². The topological polar surface area (TPSA) is 61.8 Å². The standard InChI is InChI=1S/C28H34Cl2N2O3/c1-35-23-4-2-3-21(15-23)27-11-12-32(17-19-5-6-19)18-28(27,34)10-9-22(16-27)31-26(33)14-20-7-8-24(29)25(30)13-20/h2-4,7-8,13,15,19,22,34H,5-6,9-12,14,16-18H2,1H3,(H,31,33)/t22-,27?,28?/m1/s1. The number of aliphatic hydroxyl groups is 1. The molecule has 5 rings (SSSR count). The van der Waals surface area contributed by atoms with Crippen LogP contribution in [0, 0.1) is 5.92 Å². The van der Waals surface area contributed by atoms with Crippen molar-refractivity contribution in [2.75, 3.05) is 26.7 Å². The Kier molecular flexibility index (Phi) is 7.06. The molecule has 2 N–H and O–H groups in total. The molecule has 0 spiro atoms. The summed E-state index contributed by atoms with van der Waals surface area (Å²) in [6, 6.07) is 13.4. The van der Waals surface area contributed by atoms with E-state index in [0.717, 1.165) is 48.7 Å². The lowest BCUT2D eigenvalue weighted by Crippen LogP contribution is -2.67. The van der Waals surface area contributed by atoms with Gasteiger partial charge in [-0.1, -0.05) is 41.4 Å². The van der Waals surface area contributed by atoms with Crippen LogP contribution in [-0.2, 0) is 16.6 Å². The van der Waals surface area contributed by atoms with Crippen molar-refractivity contribution in [3.63, 3.8) is 0 Å². The summed E-state index contributed by atoms with van der Waals surface area (Å²) in [6.07, 6.45) is 5.85. The van der Waals surface area contributed by atoms with Gasteiger partial charge in [0.1, 0.15) is 5.75 Å². The number of rotatable bonds is 7. The summed E-state index contributed by atoms with van der Waals surface area (Å²) in [5, 5.41) is 16.4. The molecule has 3 aliphatic rings. The van der Waals surface area contributed by atoms with Crippen molar-refractivity contribution in [2.45, 2.75) is 62.0 Å². The number of β-amino-alcohol motifs (C(OH)–C–C–N with tert-alkyl or cyclic N) is 1. The highest BCUT2D eigenvalue weighted by Gasteiger charge is 2.57. The summed E-state index contributed by atoms with van der Waals surface area (Å²) in [5.41, 5.74) is 0.674. The molecule has 5 nitrogen and oxygen atoms in total. The fourth-order valence-electron chi connectivity index (χ4n) is 6.24. The van der Waals surface area contributed by atoms with Crippen molar-refractivity contribution in [3.05, 3.63) is 63.6 Å². The van der Waals surface area contributed by atoms with Crippen LogP contribution in [0.25, 0.3) is 0 Å². The fraction of sp³-hybridized carbons (Fsp3) is 0.536. The van der Waals surface area contributed by atoms with Gasteiger partial charge in [-0.05, 0) is 86.4 Å². The van der Waals surface area contributed by atoms with Crippen molar-refractivity contribution < 1.29 is 14.6 Å². The Morgan fingerprint density at radius 1 is 1.14 bits per heavy atom. The molecule has 188 valence electrons. The molecule has 7 heteroatoms. The van der Waals surface area contributed by atoms with Gasteiger partial charge in [-0.3, -0.25) is 4.79 Å². The number of amides is 1. The summed E-state index contributed by atoms with van der Waals surface area (Å²) in [7, 11) is 1.67. The molecule has 2 aromatic carbocycles. The number of hydrogen-bond acceptors (Lipinski definition) is 4. The van der Waals surface area contributed by atoms with Crippen molar-refractivity contribution in [3.8, 4) is 5.75 Å². The summed E-state index contributed by atoms with van der Waals surface area (Å²) < 4.78 is 5.53. The Balaban J connectivity index is 1.36. The SMILES string of the molecule is COc1cccc(C23CCN(CC4CC4)CC2(O)CC[C@@H](NC(=O)Cc2ccc(Cl)c(Cl)c2)C3)c1. The van der Waals surface area contributed by atoms with Gasteiger partial charge in [0.05, 0.1) is 29.2 Å². The average molecular weight is 517 g/mol. The van der Waals surface area contributed by atoms with Crippen molar-refractivity contribution in [2.24, 2.45) is 5.92 Å². The number of nitrogens with one attached hydrogen (secondary N) is 1. The van der Waals surface area contributed by atoms with E-state index in [9.17, 15) is 9.90 Å². The lowest BCUT2D eigenvalue weighted by Gasteiger charge is -2.58. The Hall–Kier alpha value is -1.79. The molecule has 2 aliphatic carbocycles. The lowest BCUT2D eigenvalue weighted by atomic mass is 9.55. The smallest absolute Gasteiger partial charge is 0.224 e. The van der Waals surface area contributed by atoms with Crippen molar-refractivity contribution >= 4 is 29.1 Å². The number of methoxy groups -OCH3 is 1. The minimum Gasteiger partial charge on any atom is -0.497 e. The molecular formula is C28H34Cl2N2O3. The number of likely N-dealkylation sites (tertiary alicyclic amines) is 1. The van der Waals surface area contributed by atoms with E-state index >= 15 is 0 Å². The minimum absolute atomic E-state index is 0.00766. The van der Waals surface area contributed by atoms with Crippen LogP contribution < -0.4 is 10.1 Å². The Morgan fingerprint density at radius 3 is 2.71 bits per heavy atom. The highest BCUT2D eigenvalue weighted by molar-refractivity contribution is 6.42. The van der Waals surface area contributed by atoms with E-state index in [0.29, 0.717) is 29.4 Å². The maximum Gasteiger partial charge on any atom is 0.224 e. The third-order valence-electron chi connectivity index (χ3n) is 8.28. The van der Waals surface area contributed by atoms with Gasteiger partial charge in [-0.15, -0.1) is 0 Å². The molecule has 2 saturated carbocycles. The molecular weight excluding hydrogens is 483 g/mol. The molecule has 35 heavy (non-hydrogen) atoms. The van der Waals surface area contributed by atoms with E-state index < -0.39 is 11.0 Å². The second kappa shape index (κ2) is 9.93. The molecule has 2 aromatic rings. The van der Waals surface area contributed by atoms with Crippen LogP contribution in [0.3, 0.4) is 0 Å². The molecule has 3 atom stereocenters. The van der Waals surface area contributed by atoms with Crippen LogP contribution >= 0.6 is 23.2 Å². The number of fused-ring (bicyclic) bond motifs is 1. The summed E-state index contributed by atoms with van der Waals surface area (Å²) in [6.45, 7) is 2.73. The molecule has 0 radical (unpaired) electrons. The Morgan fingerprint density at radius 2 is 1.97 bits per heavy atom. The quantitative estimate of drug-likeness (QED) is 0.543. The molecule has 1 saturated heterocycles. The van der Waals surface area contributed by atoms with Crippen LogP contribution in [0.2, 0.25) is 10.0 Å². The van der Waals surface area contributed by atoms with Gasteiger partial charge >= 0.3 is 0 Å². The number of hydrogen-bond donors (Lipinski definition) is 2. The van der Waals surface area contributed by atoms with Gasteiger partial charge in [0.25, 0.3) is 0 Å². The van der Waals surface area contributed by atoms with E-state index in [1.807, 2.05) is 18.2 Å². The van der Waals surface area contributed by atoms with Crippen LogP contribution in [0.5, 0.6) is 5.75 Å². The maximum atomic E-state index is 13.0. The van der Waals surface area contributed by atoms with E-state index in [1.165, 1.54) is 12.8 Å². The summed E-state index contributed by atoms with van der Waals surface area (Å²) in [5.74, 6) is 1.55. The number of piperidine rings is 1. The largest absolute Gasteiger partial charge is 0.497 e. The average Bonchev–Trinajstić information content (AvgIpc) is 3.65. The number of nitrogens with zero attached hydrogens (tertiary/aromatic N) is 1. The normalized spacial score (nSPS) is 28.9. The monoisotopic (exact) mass is 516 g/mol. The van der Waals surface area contributed by atoms with Gasteiger partial charge < -0.3 is 20.1 Å². The number of ether oxygens (including phenoxy) is 1. The van der Waals surface area contributed by atoms with Crippen LogP contribution in [-0.4, -0.2) is 54.3 Å². The third kappa shape index (κ3) is 5.20. The van der Waals surface area contributed by atoms with Gasteiger partial charge in [0.2, 0.25) is 5.91 Å². The zero-order valence-electron chi connectivity index (χ0n) is 20.2. The predicted molar refractivity (Wildman–Crippen MR) is 139 cm³/mol. The zero-order valence-corrected chi connectivity index (χ0v) is 21.7. The van der Waals surface area contributed by atoms with E-state index in [1.54, 1.807) is 19.2 Å². The van der Waals surface area contributed by atoms with Gasteiger partial charge in [0.15, 0.2) is 0 Å². The van der Waals surface area contributed by atoms with Crippen molar-refractivity contribution in [1.29, 1.82) is 0 Å². The minimum atomic E-state index is -0.836. The molecule has 0 bridgehead atoms. The lowest BCUT2D eigenvalue weighted by molar-refractivity contribution is -0.133. The second-order valence-corrected chi connectivity index (χ2v) is 11.5. The predicted octanol–water partition coefficient (Wildman–Crippen LogP) is 5.00. The second-order valence-electron chi connectivity index (χ2n) is 10.7. The van der Waals surface area contributed by atoms with E-state index in [2.05, 4.69) is 22.3 Å².